The molecule has 2 nitrogen and oxygen atoms in total. The monoisotopic (exact) mass is 248 g/mol. The zero-order valence-corrected chi connectivity index (χ0v) is 10.0. The second-order valence-corrected chi connectivity index (χ2v) is 4.75. The fourth-order valence-corrected chi connectivity index (χ4v) is 2.50. The van der Waals surface area contributed by atoms with Crippen LogP contribution in [0.1, 0.15) is 5.56 Å². The second-order valence-electron chi connectivity index (χ2n) is 3.54. The van der Waals surface area contributed by atoms with Gasteiger partial charge in [-0.15, -0.1) is 22.9 Å². The lowest BCUT2D eigenvalue weighted by Gasteiger charge is -1.95. The number of pyridine rings is 1. The molecule has 0 aliphatic carbocycles. The lowest BCUT2D eigenvalue weighted by molar-refractivity contribution is 1.16. The Bertz CT molecular complexity index is 613. The van der Waals surface area contributed by atoms with E-state index < -0.39 is 0 Å². The molecule has 3 aromatic heterocycles. The third-order valence-electron chi connectivity index (χ3n) is 2.45. The first-order chi connectivity index (χ1) is 7.86. The van der Waals surface area contributed by atoms with Crippen LogP contribution in [0.4, 0.5) is 0 Å². The van der Waals surface area contributed by atoms with Crippen LogP contribution in [0.15, 0.2) is 42.0 Å². The molecule has 0 amide bonds. The average molecular weight is 249 g/mol. The van der Waals surface area contributed by atoms with Gasteiger partial charge in [-0.2, -0.15) is 0 Å². The van der Waals surface area contributed by atoms with Gasteiger partial charge in [-0.25, -0.2) is 4.98 Å². The standard InChI is InChI=1S/C12H9ClN2S/c13-7-9-3-4-15-8-10(14-12(15)6-9)11-2-1-5-16-11/h1-6,8H,7H2. The Balaban J connectivity index is 2.16. The molecule has 3 aromatic rings. The van der Waals surface area contributed by atoms with Gasteiger partial charge in [0.1, 0.15) is 5.65 Å². The number of aromatic nitrogens is 2. The Morgan fingerprint density at radius 3 is 3.06 bits per heavy atom. The van der Waals surface area contributed by atoms with E-state index in [0.29, 0.717) is 5.88 Å². The summed E-state index contributed by atoms with van der Waals surface area (Å²) in [4.78, 5) is 5.77. The first kappa shape index (κ1) is 9.87. The quantitative estimate of drug-likeness (QED) is 0.631. The van der Waals surface area contributed by atoms with Crippen LogP contribution >= 0.6 is 22.9 Å². The normalized spacial score (nSPS) is 11.1. The molecule has 0 bridgehead atoms. The van der Waals surface area contributed by atoms with Crippen LogP contribution in [0, 0.1) is 0 Å². The van der Waals surface area contributed by atoms with Gasteiger partial charge in [-0.3, -0.25) is 0 Å². The van der Waals surface area contributed by atoms with Crippen molar-refractivity contribution >= 4 is 28.6 Å². The molecule has 0 unspecified atom stereocenters. The smallest absolute Gasteiger partial charge is 0.137 e. The van der Waals surface area contributed by atoms with Crippen molar-refractivity contribution in [2.45, 2.75) is 5.88 Å². The van der Waals surface area contributed by atoms with E-state index in [2.05, 4.69) is 16.4 Å². The lowest BCUT2D eigenvalue weighted by Crippen LogP contribution is -1.84. The molecule has 0 aliphatic rings. The van der Waals surface area contributed by atoms with Crippen LogP contribution in [0.25, 0.3) is 16.2 Å². The maximum absolute atomic E-state index is 5.80. The lowest BCUT2D eigenvalue weighted by atomic mass is 10.3. The summed E-state index contributed by atoms with van der Waals surface area (Å²) >= 11 is 7.50. The van der Waals surface area contributed by atoms with Gasteiger partial charge < -0.3 is 4.40 Å². The molecule has 3 rings (SSSR count). The van der Waals surface area contributed by atoms with Gasteiger partial charge in [0.2, 0.25) is 0 Å². The molecular formula is C12H9ClN2S. The van der Waals surface area contributed by atoms with E-state index in [0.717, 1.165) is 16.9 Å². The highest BCUT2D eigenvalue weighted by molar-refractivity contribution is 7.13. The number of alkyl halides is 1. The van der Waals surface area contributed by atoms with Gasteiger partial charge in [0.25, 0.3) is 0 Å². The Kier molecular flexibility index (Phi) is 2.42. The van der Waals surface area contributed by atoms with Crippen molar-refractivity contribution in [3.8, 4) is 10.6 Å². The van der Waals surface area contributed by atoms with Crippen molar-refractivity contribution in [1.82, 2.24) is 9.38 Å². The van der Waals surface area contributed by atoms with E-state index in [-0.39, 0.29) is 0 Å². The van der Waals surface area contributed by atoms with Gasteiger partial charge in [-0.05, 0) is 29.1 Å². The second kappa shape index (κ2) is 3.92. The van der Waals surface area contributed by atoms with Crippen molar-refractivity contribution in [2.24, 2.45) is 0 Å². The van der Waals surface area contributed by atoms with Gasteiger partial charge >= 0.3 is 0 Å². The van der Waals surface area contributed by atoms with E-state index in [1.165, 1.54) is 4.88 Å². The van der Waals surface area contributed by atoms with E-state index >= 15 is 0 Å². The predicted molar refractivity (Wildman–Crippen MR) is 68.1 cm³/mol. The van der Waals surface area contributed by atoms with E-state index in [4.69, 9.17) is 11.6 Å². The fourth-order valence-electron chi connectivity index (χ4n) is 1.65. The maximum atomic E-state index is 5.80. The number of hydrogen-bond donors (Lipinski definition) is 0. The van der Waals surface area contributed by atoms with Crippen LogP contribution in [0.2, 0.25) is 0 Å². The molecule has 0 saturated heterocycles. The SMILES string of the molecule is ClCc1ccn2cc(-c3cccs3)nc2c1. The van der Waals surface area contributed by atoms with Crippen molar-refractivity contribution in [2.75, 3.05) is 0 Å². The Labute approximate surface area is 102 Å². The highest BCUT2D eigenvalue weighted by atomic mass is 35.5. The number of rotatable bonds is 2. The summed E-state index contributed by atoms with van der Waals surface area (Å²) in [6.45, 7) is 0. The summed E-state index contributed by atoms with van der Waals surface area (Å²) in [6, 6.07) is 8.15. The van der Waals surface area contributed by atoms with Gasteiger partial charge in [0, 0.05) is 18.3 Å². The molecule has 0 spiro atoms. The van der Waals surface area contributed by atoms with Gasteiger partial charge in [-0.1, -0.05) is 6.07 Å². The molecule has 16 heavy (non-hydrogen) atoms. The molecule has 0 aliphatic heterocycles. The summed E-state index contributed by atoms with van der Waals surface area (Å²) in [5.41, 5.74) is 3.06. The highest BCUT2D eigenvalue weighted by Gasteiger charge is 2.05. The summed E-state index contributed by atoms with van der Waals surface area (Å²) in [5, 5.41) is 2.06. The minimum atomic E-state index is 0.525. The Morgan fingerprint density at radius 1 is 1.38 bits per heavy atom. The van der Waals surface area contributed by atoms with Gasteiger partial charge in [0.15, 0.2) is 0 Å². The summed E-state index contributed by atoms with van der Waals surface area (Å²) < 4.78 is 2.02. The first-order valence-electron chi connectivity index (χ1n) is 4.94. The third kappa shape index (κ3) is 1.62. The number of imidazole rings is 1. The summed E-state index contributed by atoms with van der Waals surface area (Å²) in [5.74, 6) is 0.525. The molecule has 0 saturated carbocycles. The predicted octanol–water partition coefficient (Wildman–Crippen LogP) is 3.80. The Morgan fingerprint density at radius 2 is 2.31 bits per heavy atom. The average Bonchev–Trinajstić information content (AvgIpc) is 2.96. The van der Waals surface area contributed by atoms with Crippen molar-refractivity contribution in [3.63, 3.8) is 0 Å². The number of thiophene rings is 1. The third-order valence-corrected chi connectivity index (χ3v) is 3.65. The van der Waals surface area contributed by atoms with Crippen molar-refractivity contribution in [3.05, 3.63) is 47.6 Å². The highest BCUT2D eigenvalue weighted by Crippen LogP contribution is 2.24. The zero-order valence-electron chi connectivity index (χ0n) is 8.43. The number of fused-ring (bicyclic) bond motifs is 1. The topological polar surface area (TPSA) is 17.3 Å². The first-order valence-corrected chi connectivity index (χ1v) is 6.36. The van der Waals surface area contributed by atoms with Crippen LogP contribution in [-0.4, -0.2) is 9.38 Å². The molecule has 0 fully saturated rings. The minimum absolute atomic E-state index is 0.525. The summed E-state index contributed by atoms with van der Waals surface area (Å²) in [7, 11) is 0. The molecule has 80 valence electrons. The van der Waals surface area contributed by atoms with Gasteiger partial charge in [0.05, 0.1) is 10.6 Å². The largest absolute Gasteiger partial charge is 0.306 e. The molecule has 0 aromatic carbocycles. The fraction of sp³-hybridized carbons (Fsp3) is 0.0833. The zero-order chi connectivity index (χ0) is 11.0. The van der Waals surface area contributed by atoms with Crippen LogP contribution in [0.3, 0.4) is 0 Å². The van der Waals surface area contributed by atoms with Crippen LogP contribution in [-0.2, 0) is 5.88 Å². The minimum Gasteiger partial charge on any atom is -0.306 e. The summed E-state index contributed by atoms with van der Waals surface area (Å²) in [6.07, 6.45) is 4.04. The van der Waals surface area contributed by atoms with Crippen LogP contribution in [0.5, 0.6) is 0 Å². The molecular weight excluding hydrogens is 240 g/mol. The molecule has 3 heterocycles. The van der Waals surface area contributed by atoms with Crippen molar-refractivity contribution in [1.29, 1.82) is 0 Å². The Hall–Kier alpha value is -1.32. The van der Waals surface area contributed by atoms with E-state index in [1.807, 2.05) is 35.0 Å². The molecule has 4 heteroatoms. The molecule has 0 atom stereocenters. The van der Waals surface area contributed by atoms with Crippen molar-refractivity contribution < 1.29 is 0 Å². The number of hydrogen-bond acceptors (Lipinski definition) is 2. The van der Waals surface area contributed by atoms with E-state index in [1.54, 1.807) is 11.3 Å². The molecule has 0 radical (unpaired) electrons. The maximum Gasteiger partial charge on any atom is 0.137 e. The molecule has 0 N–H and O–H groups in total. The van der Waals surface area contributed by atoms with E-state index in [9.17, 15) is 0 Å². The number of nitrogens with zero attached hydrogens (tertiary/aromatic N) is 2. The number of halogens is 1. The van der Waals surface area contributed by atoms with Crippen LogP contribution < -0.4 is 0 Å².